The summed E-state index contributed by atoms with van der Waals surface area (Å²) in [5, 5.41) is 10.2. The Hall–Kier alpha value is -6.23. The average molecular weight is 822 g/mol. The number of hydrogen-bond donors (Lipinski definition) is 2. The van der Waals surface area contributed by atoms with Crippen LogP contribution >= 0.6 is 0 Å². The number of hydrogen-bond acceptors (Lipinski definition) is 7. The van der Waals surface area contributed by atoms with E-state index in [1.54, 1.807) is 48.2 Å². The molecular formula is C39H42F3N9O6S. The van der Waals surface area contributed by atoms with E-state index in [4.69, 9.17) is 6.57 Å². The van der Waals surface area contributed by atoms with Gasteiger partial charge in [0, 0.05) is 19.1 Å². The van der Waals surface area contributed by atoms with Crippen LogP contribution in [0.5, 0.6) is 0 Å². The van der Waals surface area contributed by atoms with Crippen LogP contribution in [0.15, 0.2) is 101 Å². The van der Waals surface area contributed by atoms with Crippen LogP contribution in [0.1, 0.15) is 24.1 Å². The van der Waals surface area contributed by atoms with Gasteiger partial charge in [-0.05, 0) is 68.3 Å². The summed E-state index contributed by atoms with van der Waals surface area (Å²) in [6, 6.07) is 18.4. The molecule has 1 fully saturated rings. The zero-order valence-corrected chi connectivity index (χ0v) is 32.9. The zero-order valence-electron chi connectivity index (χ0n) is 32.1. The Morgan fingerprint density at radius 2 is 1.60 bits per heavy atom. The summed E-state index contributed by atoms with van der Waals surface area (Å²) in [4.78, 5) is 45.6. The predicted octanol–water partition coefficient (Wildman–Crippen LogP) is 5.40. The number of likely N-dealkylation sites (tertiary alicyclic amines) is 1. The fourth-order valence-corrected chi connectivity index (χ4v) is 6.73. The summed E-state index contributed by atoms with van der Waals surface area (Å²) >= 11 is 0. The van der Waals surface area contributed by atoms with E-state index in [0.717, 1.165) is 27.8 Å². The first-order chi connectivity index (χ1) is 27.3. The Labute approximate surface area is 333 Å². The Bertz CT molecular complexity index is 2460. The normalized spacial score (nSPS) is 13.6. The van der Waals surface area contributed by atoms with Crippen LogP contribution in [-0.2, 0) is 16.3 Å². The highest BCUT2D eigenvalue weighted by atomic mass is 32.2. The Kier molecular flexibility index (Phi) is 12.9. The monoisotopic (exact) mass is 821 g/mol. The molecule has 1 aliphatic heterocycles. The van der Waals surface area contributed by atoms with Gasteiger partial charge in [-0.3, -0.25) is 4.57 Å². The second-order valence-electron chi connectivity index (χ2n) is 14.4. The molecule has 0 bridgehead atoms. The number of urea groups is 1. The van der Waals surface area contributed by atoms with Crippen molar-refractivity contribution in [1.29, 1.82) is 0 Å². The fraction of sp³-hybridized carbons (Fsp3) is 0.308. The molecule has 3 amide bonds. The first-order valence-electron chi connectivity index (χ1n) is 18.0. The van der Waals surface area contributed by atoms with Crippen LogP contribution in [0.4, 0.5) is 28.4 Å². The largest absolute Gasteiger partial charge is 0.744 e. The summed E-state index contributed by atoms with van der Waals surface area (Å²) in [5.74, 6) is 0. The second-order valence-corrected chi connectivity index (χ2v) is 15.8. The summed E-state index contributed by atoms with van der Waals surface area (Å²) in [6.07, 6.45) is -2.29. The topological polar surface area (TPSA) is 168 Å². The second kappa shape index (κ2) is 17.5. The van der Waals surface area contributed by atoms with Crippen molar-refractivity contribution in [3.63, 3.8) is 0 Å². The van der Waals surface area contributed by atoms with E-state index in [1.165, 1.54) is 47.3 Å². The lowest BCUT2D eigenvalue weighted by Crippen LogP contribution is -2.52. The maximum absolute atomic E-state index is 14.1. The number of piperidine rings is 1. The molecule has 15 nitrogen and oxygen atoms in total. The first kappa shape index (κ1) is 42.9. The van der Waals surface area contributed by atoms with E-state index in [9.17, 15) is 40.5 Å². The molecule has 1 saturated heterocycles. The minimum Gasteiger partial charge on any atom is -0.744 e. The van der Waals surface area contributed by atoms with Gasteiger partial charge in [0.25, 0.3) is 0 Å². The van der Waals surface area contributed by atoms with Crippen LogP contribution in [0.3, 0.4) is 0 Å². The quantitative estimate of drug-likeness (QED) is 0.120. The van der Waals surface area contributed by atoms with Crippen molar-refractivity contribution >= 4 is 27.9 Å². The van der Waals surface area contributed by atoms with Crippen LogP contribution in [0.25, 0.3) is 27.6 Å². The minimum absolute atomic E-state index is 0.0582. The van der Waals surface area contributed by atoms with Crippen molar-refractivity contribution in [2.75, 3.05) is 47.3 Å². The summed E-state index contributed by atoms with van der Waals surface area (Å²) < 4.78 is 76.0. The number of imidazole rings is 1. The molecule has 19 heteroatoms. The van der Waals surface area contributed by atoms with Gasteiger partial charge in [-0.2, -0.15) is 18.3 Å². The van der Waals surface area contributed by atoms with E-state index >= 15 is 0 Å². The molecule has 0 unspecified atom stereocenters. The summed E-state index contributed by atoms with van der Waals surface area (Å²) in [5.41, 5.74) is -0.222. The Morgan fingerprint density at radius 1 is 0.948 bits per heavy atom. The number of amides is 3. The van der Waals surface area contributed by atoms with Gasteiger partial charge >= 0.3 is 23.9 Å². The van der Waals surface area contributed by atoms with Gasteiger partial charge in [-0.15, -0.1) is 0 Å². The van der Waals surface area contributed by atoms with Gasteiger partial charge in [-0.25, -0.2) is 36.9 Å². The van der Waals surface area contributed by atoms with Crippen molar-refractivity contribution in [2.24, 2.45) is 0 Å². The summed E-state index contributed by atoms with van der Waals surface area (Å²) in [7, 11) is 1.85. The lowest BCUT2D eigenvalue weighted by Gasteiger charge is -2.32. The van der Waals surface area contributed by atoms with Crippen molar-refractivity contribution in [3.05, 3.63) is 124 Å². The smallest absolute Gasteiger partial charge is 0.416 e. The highest BCUT2D eigenvalue weighted by molar-refractivity contribution is 7.85. The maximum Gasteiger partial charge on any atom is 0.416 e. The van der Waals surface area contributed by atoms with E-state index in [2.05, 4.69) is 20.6 Å². The van der Waals surface area contributed by atoms with Crippen molar-refractivity contribution in [2.45, 2.75) is 36.9 Å². The van der Waals surface area contributed by atoms with E-state index in [-0.39, 0.29) is 34.0 Å². The maximum atomic E-state index is 14.1. The van der Waals surface area contributed by atoms with Gasteiger partial charge in [0.15, 0.2) is 5.69 Å². The molecule has 0 aliphatic carbocycles. The number of alkyl halides is 3. The molecule has 6 rings (SSSR count). The number of benzene rings is 3. The number of carbonyl (C=O) groups is 2. The third kappa shape index (κ3) is 10.4. The molecular weight excluding hydrogens is 780 g/mol. The number of nitrogens with one attached hydrogen (secondary N) is 2. The van der Waals surface area contributed by atoms with Crippen LogP contribution < -0.4 is 16.3 Å². The van der Waals surface area contributed by atoms with E-state index < -0.39 is 33.6 Å². The molecule has 3 aromatic carbocycles. The summed E-state index contributed by atoms with van der Waals surface area (Å²) in [6.45, 7) is 10.9. The minimum atomic E-state index is -4.65. The SMILES string of the molecule is O=S(=O)([O-])c1ccccc1.[C-]#[N+]c1ccc(-n2nccc2-c2c(C)n(-c3cccc(C(F)(F)F)c3)c(=O)n2C(=O)NC2CCN(C(=O)NCC[N+](C)(C)C)CC2)cc1. The van der Waals surface area contributed by atoms with Crippen molar-refractivity contribution in [3.8, 4) is 22.8 Å². The van der Waals surface area contributed by atoms with Gasteiger partial charge in [-0.1, -0.05) is 36.4 Å². The number of aromatic nitrogens is 4. The molecule has 306 valence electrons. The van der Waals surface area contributed by atoms with Crippen LogP contribution in [-0.4, -0.2) is 107 Å². The Balaban J connectivity index is 0.000000559. The lowest BCUT2D eigenvalue weighted by molar-refractivity contribution is -0.869. The molecule has 0 saturated carbocycles. The van der Waals surface area contributed by atoms with Gasteiger partial charge in [0.2, 0.25) is 0 Å². The third-order valence-electron chi connectivity index (χ3n) is 9.23. The molecule has 1 aliphatic rings. The van der Waals surface area contributed by atoms with Gasteiger partial charge in [0.1, 0.15) is 15.8 Å². The van der Waals surface area contributed by atoms with E-state index in [1.807, 2.05) is 21.1 Å². The number of rotatable bonds is 8. The average Bonchev–Trinajstić information content (AvgIpc) is 3.76. The standard InChI is InChI=1S/C33H36F3N9O3.C6H6O3S/c1-22-29(28-13-16-39-44(28)26-11-9-24(37-2)10-12-26)43(32(48)42(22)27-8-6-7-23(21-27)33(34,35)36)31(47)40-25-14-18-41(19-15-25)30(46)38-17-20-45(3,4)5;7-10(8,9)6-4-2-1-3-5-6/h6-13,16,21,25H,14-15,17-20H2,1,3-5H3,(H-,38,40,46,47);1-5H,(H,7,8,9). The molecule has 5 aromatic rings. The molecule has 58 heavy (non-hydrogen) atoms. The molecule has 3 heterocycles. The van der Waals surface area contributed by atoms with Crippen molar-refractivity contribution < 1.29 is 40.2 Å². The number of nitrogens with zero attached hydrogens (tertiary/aromatic N) is 7. The van der Waals surface area contributed by atoms with Gasteiger partial charge < -0.3 is 24.6 Å². The first-order valence-corrected chi connectivity index (χ1v) is 19.4. The zero-order chi connectivity index (χ0) is 42.4. The van der Waals surface area contributed by atoms with Crippen LogP contribution in [0, 0.1) is 13.5 Å². The van der Waals surface area contributed by atoms with Crippen LogP contribution in [0.2, 0.25) is 0 Å². The highest BCUT2D eigenvalue weighted by Gasteiger charge is 2.33. The number of likely N-dealkylation sites (N-methyl/N-ethyl adjacent to an activating group) is 1. The highest BCUT2D eigenvalue weighted by Crippen LogP contribution is 2.32. The third-order valence-corrected chi connectivity index (χ3v) is 10.1. The van der Waals surface area contributed by atoms with Crippen molar-refractivity contribution in [1.82, 2.24) is 34.4 Å². The molecule has 0 radical (unpaired) electrons. The number of carbonyl (C=O) groups excluding carboxylic acids is 2. The Morgan fingerprint density at radius 3 is 2.17 bits per heavy atom. The fourth-order valence-electron chi connectivity index (χ4n) is 6.24. The molecule has 0 atom stereocenters. The molecule has 2 aromatic heterocycles. The van der Waals surface area contributed by atoms with Gasteiger partial charge in [0.05, 0.1) is 80.2 Å². The predicted molar refractivity (Wildman–Crippen MR) is 208 cm³/mol. The molecule has 0 spiro atoms. The number of quaternary nitrogens is 1. The molecule has 2 N–H and O–H groups in total. The van der Waals surface area contributed by atoms with E-state index in [0.29, 0.717) is 54.0 Å². The number of halogens is 3. The lowest BCUT2D eigenvalue weighted by atomic mass is 10.1.